The lowest BCUT2D eigenvalue weighted by Gasteiger charge is -2.47. The molecule has 0 bridgehead atoms. The Bertz CT molecular complexity index is 612. The fourth-order valence-corrected chi connectivity index (χ4v) is 5.35. The highest BCUT2D eigenvalue weighted by Crippen LogP contribution is 2.27. The second kappa shape index (κ2) is 21.1. The first-order valence-corrected chi connectivity index (χ1v) is 14.8. The van der Waals surface area contributed by atoms with Gasteiger partial charge in [0, 0.05) is 0 Å². The van der Waals surface area contributed by atoms with E-state index in [2.05, 4.69) is 19.1 Å². The second-order valence-electron chi connectivity index (χ2n) is 10.8. The van der Waals surface area contributed by atoms with Gasteiger partial charge in [-0.25, -0.2) is 14.4 Å². The molecule has 0 aromatic carbocycles. The Balaban J connectivity index is 4.12. The zero-order chi connectivity index (χ0) is 28.1. The molecule has 0 aromatic rings. The quantitative estimate of drug-likeness (QED) is 0.0648. The molecule has 7 heteroatoms. The third-order valence-corrected chi connectivity index (χ3v) is 8.04. The highest BCUT2D eigenvalue weighted by molar-refractivity contribution is 5.77. The molecule has 0 aromatic heterocycles. The Morgan fingerprint density at radius 1 is 0.541 bits per heavy atom. The van der Waals surface area contributed by atoms with E-state index in [0.717, 1.165) is 19.3 Å². The smallest absolute Gasteiger partial charge is 0.362 e. The third-order valence-electron chi connectivity index (χ3n) is 8.04. The Kier molecular flexibility index (Phi) is 20.0. The Morgan fingerprint density at radius 3 is 1.16 bits per heavy atom. The number of allylic oxidation sites excluding steroid dienone is 2. The van der Waals surface area contributed by atoms with E-state index in [9.17, 15) is 29.7 Å². The van der Waals surface area contributed by atoms with Crippen molar-refractivity contribution in [2.24, 2.45) is 0 Å². The van der Waals surface area contributed by atoms with Gasteiger partial charge in [0.2, 0.25) is 0 Å². The first kappa shape index (κ1) is 35.1. The number of carboxylic acid groups (broad SMARTS) is 3. The molecule has 0 aliphatic carbocycles. The summed E-state index contributed by atoms with van der Waals surface area (Å²) >= 11 is 0. The minimum Gasteiger partial charge on any atom is -0.477 e. The summed E-state index contributed by atoms with van der Waals surface area (Å²) < 4.78 is -0.477. The van der Waals surface area contributed by atoms with Gasteiger partial charge in [-0.15, -0.1) is 0 Å². The predicted octanol–water partition coefficient (Wildman–Crippen LogP) is 7.43. The van der Waals surface area contributed by atoms with Crippen molar-refractivity contribution >= 4 is 17.9 Å². The Morgan fingerprint density at radius 2 is 0.838 bits per heavy atom. The number of aliphatic carboxylic acids is 3. The van der Waals surface area contributed by atoms with Crippen molar-refractivity contribution in [2.75, 3.05) is 6.54 Å². The van der Waals surface area contributed by atoms with Gasteiger partial charge in [-0.2, -0.15) is 0 Å². The standard InChI is InChI=1S/C30H55NO6/c1-5-6-7-8-9-10-11-12-13-14-15-16-17-18-19-20-21-22-23-24-31(25(2)28(32)33,26(3)29(34)35)27(4)30(36)37/h8-9,25-27H,5-7,10-24H2,1-4H3,(H2-,32,33,34,35,36,37)/p+1/b9-8+. The molecule has 3 atom stereocenters. The van der Waals surface area contributed by atoms with Gasteiger partial charge < -0.3 is 15.3 Å². The van der Waals surface area contributed by atoms with Crippen molar-refractivity contribution in [3.05, 3.63) is 12.2 Å². The molecule has 0 saturated carbocycles. The highest BCUT2D eigenvalue weighted by atomic mass is 16.4. The van der Waals surface area contributed by atoms with Gasteiger partial charge in [0.1, 0.15) is 0 Å². The summed E-state index contributed by atoms with van der Waals surface area (Å²) in [6, 6.07) is -3.36. The summed E-state index contributed by atoms with van der Waals surface area (Å²) in [4.78, 5) is 35.4. The Labute approximate surface area is 225 Å². The number of nitrogens with zero attached hydrogens (tertiary/aromatic N) is 1. The van der Waals surface area contributed by atoms with E-state index in [4.69, 9.17) is 0 Å². The lowest BCUT2D eigenvalue weighted by atomic mass is 10.00. The maximum Gasteiger partial charge on any atom is 0.362 e. The average Bonchev–Trinajstić information content (AvgIpc) is 2.86. The van der Waals surface area contributed by atoms with Crippen LogP contribution in [0.5, 0.6) is 0 Å². The molecule has 0 saturated heterocycles. The molecule has 0 amide bonds. The highest BCUT2D eigenvalue weighted by Gasteiger charge is 2.52. The molecule has 0 aliphatic rings. The molecule has 0 heterocycles. The summed E-state index contributed by atoms with van der Waals surface area (Å²) in [6.07, 6.45) is 24.8. The molecule has 3 N–H and O–H groups in total. The molecule has 37 heavy (non-hydrogen) atoms. The van der Waals surface area contributed by atoms with Gasteiger partial charge in [-0.1, -0.05) is 96.1 Å². The lowest BCUT2D eigenvalue weighted by Crippen LogP contribution is -2.70. The van der Waals surface area contributed by atoms with Crippen LogP contribution in [0, 0.1) is 0 Å². The molecular weight excluding hydrogens is 470 g/mol. The molecule has 0 fully saturated rings. The first-order chi connectivity index (χ1) is 17.6. The summed E-state index contributed by atoms with van der Waals surface area (Å²) in [5.74, 6) is -3.51. The van der Waals surface area contributed by atoms with Gasteiger partial charge in [0.25, 0.3) is 0 Å². The van der Waals surface area contributed by atoms with Crippen LogP contribution in [0.1, 0.15) is 137 Å². The lowest BCUT2D eigenvalue weighted by molar-refractivity contribution is -0.968. The summed E-state index contributed by atoms with van der Waals surface area (Å²) in [5.41, 5.74) is 0. The fraction of sp³-hybridized carbons (Fsp3) is 0.833. The van der Waals surface area contributed by atoms with E-state index in [0.29, 0.717) is 6.42 Å². The summed E-state index contributed by atoms with van der Waals surface area (Å²) in [6.45, 7) is 6.73. The number of carboxylic acids is 3. The van der Waals surface area contributed by atoms with Crippen LogP contribution in [0.2, 0.25) is 0 Å². The maximum absolute atomic E-state index is 11.8. The van der Waals surface area contributed by atoms with Crippen LogP contribution in [0.25, 0.3) is 0 Å². The van der Waals surface area contributed by atoms with Crippen molar-refractivity contribution in [3.8, 4) is 0 Å². The van der Waals surface area contributed by atoms with Crippen LogP contribution in [-0.4, -0.2) is 62.4 Å². The van der Waals surface area contributed by atoms with Crippen molar-refractivity contribution in [1.82, 2.24) is 0 Å². The second-order valence-corrected chi connectivity index (χ2v) is 10.8. The third kappa shape index (κ3) is 14.0. The van der Waals surface area contributed by atoms with Crippen LogP contribution in [0.3, 0.4) is 0 Å². The number of quaternary nitrogens is 1. The summed E-state index contributed by atoms with van der Waals surface area (Å²) in [5, 5.41) is 28.9. The molecule has 0 aliphatic heterocycles. The van der Waals surface area contributed by atoms with E-state index in [-0.39, 0.29) is 6.54 Å². The van der Waals surface area contributed by atoms with Crippen LogP contribution < -0.4 is 0 Å². The van der Waals surface area contributed by atoms with E-state index >= 15 is 0 Å². The number of hydrogen-bond acceptors (Lipinski definition) is 3. The van der Waals surface area contributed by atoms with E-state index in [1.54, 1.807) is 0 Å². The SMILES string of the molecule is CCCC/C=C/CCCCCCCCCCCCCCC[N+](C(C)C(=O)O)(C(C)C(=O)O)C(C)C(=O)O. The fourth-order valence-electron chi connectivity index (χ4n) is 5.35. The summed E-state index contributed by atoms with van der Waals surface area (Å²) in [7, 11) is 0. The van der Waals surface area contributed by atoms with Crippen molar-refractivity contribution in [2.45, 2.75) is 155 Å². The van der Waals surface area contributed by atoms with Gasteiger partial charge in [0.15, 0.2) is 18.1 Å². The van der Waals surface area contributed by atoms with Gasteiger partial charge in [-0.3, -0.25) is 4.48 Å². The molecular formula is C30H56NO6+. The minimum atomic E-state index is -1.17. The Hall–Kier alpha value is -1.89. The number of carbonyl (C=O) groups is 3. The van der Waals surface area contributed by atoms with Crippen molar-refractivity contribution < 1.29 is 34.2 Å². The first-order valence-electron chi connectivity index (χ1n) is 14.8. The zero-order valence-electron chi connectivity index (χ0n) is 24.1. The molecule has 3 unspecified atom stereocenters. The van der Waals surface area contributed by atoms with Gasteiger partial charge in [0.05, 0.1) is 6.54 Å². The topological polar surface area (TPSA) is 112 Å². The number of unbranched alkanes of at least 4 members (excludes halogenated alkanes) is 15. The van der Waals surface area contributed by atoms with E-state index in [1.165, 1.54) is 104 Å². The van der Waals surface area contributed by atoms with Crippen molar-refractivity contribution in [3.63, 3.8) is 0 Å². The van der Waals surface area contributed by atoms with Crippen molar-refractivity contribution in [1.29, 1.82) is 0 Å². The predicted molar refractivity (Wildman–Crippen MR) is 150 cm³/mol. The van der Waals surface area contributed by atoms with Gasteiger partial charge >= 0.3 is 17.9 Å². The van der Waals surface area contributed by atoms with Gasteiger partial charge in [-0.05, 0) is 52.9 Å². The molecule has 216 valence electrons. The zero-order valence-corrected chi connectivity index (χ0v) is 24.1. The normalized spacial score (nSPS) is 15.8. The molecule has 0 spiro atoms. The largest absolute Gasteiger partial charge is 0.477 e. The molecule has 7 nitrogen and oxygen atoms in total. The number of rotatable bonds is 25. The maximum atomic E-state index is 11.8. The monoisotopic (exact) mass is 526 g/mol. The minimum absolute atomic E-state index is 0.226. The molecule has 0 radical (unpaired) electrons. The van der Waals surface area contributed by atoms with Crippen LogP contribution in [0.15, 0.2) is 12.2 Å². The molecule has 0 rings (SSSR count). The van der Waals surface area contributed by atoms with Crippen LogP contribution in [-0.2, 0) is 14.4 Å². The van der Waals surface area contributed by atoms with Crippen LogP contribution >= 0.6 is 0 Å². The van der Waals surface area contributed by atoms with E-state index in [1.807, 2.05) is 0 Å². The number of hydrogen-bond donors (Lipinski definition) is 3. The average molecular weight is 527 g/mol. The van der Waals surface area contributed by atoms with Crippen LogP contribution in [0.4, 0.5) is 0 Å². The van der Waals surface area contributed by atoms with E-state index < -0.39 is 40.5 Å².